The van der Waals surface area contributed by atoms with Crippen LogP contribution in [-0.4, -0.2) is 24.5 Å². The van der Waals surface area contributed by atoms with Gasteiger partial charge in [0.1, 0.15) is 0 Å². The minimum Gasteiger partial charge on any atom is -0.329 e. The molecular weight excluding hydrogens is 276 g/mol. The van der Waals surface area contributed by atoms with Crippen molar-refractivity contribution in [3.05, 3.63) is 34.3 Å². The van der Waals surface area contributed by atoms with E-state index in [4.69, 9.17) is 5.73 Å². The van der Waals surface area contributed by atoms with Crippen molar-refractivity contribution in [3.8, 4) is 0 Å². The predicted molar refractivity (Wildman–Crippen MR) is 75.8 cm³/mol. The predicted octanol–water partition coefficient (Wildman–Crippen LogP) is 3.01. The minimum atomic E-state index is 0.549. The van der Waals surface area contributed by atoms with Crippen LogP contribution in [0.3, 0.4) is 0 Å². The first-order valence-electron chi connectivity index (χ1n) is 6.35. The molecule has 2 N–H and O–H groups in total. The zero-order valence-corrected chi connectivity index (χ0v) is 12.0. The van der Waals surface area contributed by atoms with Crippen molar-refractivity contribution in [2.45, 2.75) is 31.8 Å². The molecular formula is C14H21BrN2. The van der Waals surface area contributed by atoms with E-state index in [1.807, 2.05) is 0 Å². The number of benzene rings is 1. The van der Waals surface area contributed by atoms with E-state index in [2.05, 4.69) is 52.1 Å². The van der Waals surface area contributed by atoms with Gasteiger partial charge in [0.25, 0.3) is 0 Å². The smallest absolute Gasteiger partial charge is 0.0247 e. The first-order chi connectivity index (χ1) is 8.20. The summed E-state index contributed by atoms with van der Waals surface area (Å²) >= 11 is 3.46. The number of nitrogens with two attached hydrogens (primary N) is 1. The number of halogens is 1. The zero-order valence-electron chi connectivity index (χ0n) is 10.4. The summed E-state index contributed by atoms with van der Waals surface area (Å²) in [5.41, 5.74) is 7.27. The van der Waals surface area contributed by atoms with Gasteiger partial charge in [0.2, 0.25) is 0 Å². The molecule has 0 spiro atoms. The Morgan fingerprint density at radius 1 is 1.35 bits per heavy atom. The Hall–Kier alpha value is -0.380. The average Bonchev–Trinajstić information content (AvgIpc) is 2.26. The third kappa shape index (κ3) is 3.30. The fraction of sp³-hybridized carbons (Fsp3) is 0.571. The van der Waals surface area contributed by atoms with Crippen LogP contribution >= 0.6 is 15.9 Å². The maximum atomic E-state index is 5.91. The van der Waals surface area contributed by atoms with Crippen molar-refractivity contribution in [2.75, 3.05) is 13.6 Å². The number of hydrogen-bond acceptors (Lipinski definition) is 2. The highest BCUT2D eigenvalue weighted by Gasteiger charge is 2.28. The molecule has 0 aliphatic heterocycles. The summed E-state index contributed by atoms with van der Waals surface area (Å²) in [5, 5.41) is 0. The molecule has 94 valence electrons. The molecule has 1 aliphatic rings. The van der Waals surface area contributed by atoms with E-state index in [0.717, 1.165) is 23.5 Å². The van der Waals surface area contributed by atoms with E-state index in [9.17, 15) is 0 Å². The Bertz CT molecular complexity index is 346. The molecule has 1 atom stereocenters. The zero-order chi connectivity index (χ0) is 12.3. The van der Waals surface area contributed by atoms with Crippen molar-refractivity contribution in [2.24, 2.45) is 11.7 Å². The van der Waals surface area contributed by atoms with Crippen molar-refractivity contribution in [3.63, 3.8) is 0 Å². The first-order valence-corrected chi connectivity index (χ1v) is 7.14. The van der Waals surface area contributed by atoms with Crippen LogP contribution in [0.25, 0.3) is 0 Å². The second kappa shape index (κ2) is 5.98. The fourth-order valence-electron chi connectivity index (χ4n) is 2.55. The lowest BCUT2D eigenvalue weighted by Gasteiger charge is -2.38. The van der Waals surface area contributed by atoms with Crippen LogP contribution in [0.4, 0.5) is 0 Å². The summed E-state index contributed by atoms with van der Waals surface area (Å²) < 4.78 is 1.14. The molecule has 2 nitrogen and oxygen atoms in total. The molecule has 0 heterocycles. The molecule has 2 rings (SSSR count). The lowest BCUT2D eigenvalue weighted by atomic mass is 9.79. The molecule has 17 heavy (non-hydrogen) atoms. The Labute approximate surface area is 112 Å². The molecule has 0 bridgehead atoms. The Morgan fingerprint density at radius 3 is 2.47 bits per heavy atom. The van der Waals surface area contributed by atoms with Crippen LogP contribution in [0.5, 0.6) is 0 Å². The highest BCUT2D eigenvalue weighted by molar-refractivity contribution is 9.10. The second-order valence-electron chi connectivity index (χ2n) is 5.04. The monoisotopic (exact) mass is 296 g/mol. The van der Waals surface area contributed by atoms with Gasteiger partial charge in [0.05, 0.1) is 0 Å². The summed E-state index contributed by atoms with van der Waals surface area (Å²) in [4.78, 5) is 2.41. The quantitative estimate of drug-likeness (QED) is 0.905. The number of hydrogen-bond donors (Lipinski definition) is 1. The van der Waals surface area contributed by atoms with Crippen LogP contribution in [0.2, 0.25) is 0 Å². The van der Waals surface area contributed by atoms with Gasteiger partial charge in [-0.3, -0.25) is 4.90 Å². The van der Waals surface area contributed by atoms with Crippen LogP contribution in [0.15, 0.2) is 28.7 Å². The number of rotatable bonds is 5. The van der Waals surface area contributed by atoms with Gasteiger partial charge in [-0.2, -0.15) is 0 Å². The Kier molecular flexibility index (Phi) is 4.60. The summed E-state index contributed by atoms with van der Waals surface area (Å²) in [5.74, 6) is 0.820. The van der Waals surface area contributed by atoms with Crippen molar-refractivity contribution in [1.29, 1.82) is 0 Å². The summed E-state index contributed by atoms with van der Waals surface area (Å²) in [6.45, 7) is 1.77. The van der Waals surface area contributed by atoms with Gasteiger partial charge in [0, 0.05) is 23.6 Å². The van der Waals surface area contributed by atoms with Crippen LogP contribution in [0.1, 0.15) is 24.8 Å². The van der Waals surface area contributed by atoms with Gasteiger partial charge in [-0.1, -0.05) is 34.5 Å². The molecule has 0 amide bonds. The normalized spacial score (nSPS) is 18.1. The van der Waals surface area contributed by atoms with Crippen LogP contribution in [-0.2, 0) is 6.54 Å². The van der Waals surface area contributed by atoms with E-state index in [0.29, 0.717) is 6.04 Å². The summed E-state index contributed by atoms with van der Waals surface area (Å²) in [6.07, 6.45) is 4.09. The van der Waals surface area contributed by atoms with Gasteiger partial charge >= 0.3 is 0 Å². The molecule has 1 unspecified atom stereocenters. The van der Waals surface area contributed by atoms with Crippen molar-refractivity contribution < 1.29 is 0 Å². The SMILES string of the molecule is CN(Cc1ccc(Br)cc1)C(CN)C1CCC1. The third-order valence-electron chi connectivity index (χ3n) is 3.85. The fourth-order valence-corrected chi connectivity index (χ4v) is 2.82. The molecule has 1 aromatic carbocycles. The maximum absolute atomic E-state index is 5.91. The van der Waals surface area contributed by atoms with E-state index >= 15 is 0 Å². The Morgan fingerprint density at radius 2 is 2.00 bits per heavy atom. The lowest BCUT2D eigenvalue weighted by Crippen LogP contribution is -2.45. The summed E-state index contributed by atoms with van der Waals surface area (Å²) in [6, 6.07) is 9.10. The first kappa shape index (κ1) is 13.1. The molecule has 0 radical (unpaired) electrons. The van der Waals surface area contributed by atoms with Gasteiger partial charge in [0.15, 0.2) is 0 Å². The van der Waals surface area contributed by atoms with Gasteiger partial charge in [-0.05, 0) is 43.5 Å². The van der Waals surface area contributed by atoms with Crippen molar-refractivity contribution >= 4 is 15.9 Å². The molecule has 0 saturated heterocycles. The molecule has 1 aromatic rings. The number of nitrogens with zero attached hydrogens (tertiary/aromatic N) is 1. The second-order valence-corrected chi connectivity index (χ2v) is 5.95. The molecule has 1 saturated carbocycles. The van der Waals surface area contributed by atoms with Crippen LogP contribution in [0, 0.1) is 5.92 Å². The van der Waals surface area contributed by atoms with Crippen molar-refractivity contribution in [1.82, 2.24) is 4.90 Å². The molecule has 3 heteroatoms. The maximum Gasteiger partial charge on any atom is 0.0247 e. The highest BCUT2D eigenvalue weighted by atomic mass is 79.9. The Balaban J connectivity index is 1.94. The van der Waals surface area contributed by atoms with E-state index in [1.54, 1.807) is 0 Å². The molecule has 1 aliphatic carbocycles. The standard InChI is InChI=1S/C14H21BrN2/c1-17(14(9-16)12-3-2-4-12)10-11-5-7-13(15)8-6-11/h5-8,12,14H,2-4,9-10,16H2,1H3. The van der Waals surface area contributed by atoms with Gasteiger partial charge < -0.3 is 5.73 Å². The summed E-state index contributed by atoms with van der Waals surface area (Å²) in [7, 11) is 2.19. The average molecular weight is 297 g/mol. The minimum absolute atomic E-state index is 0.549. The highest BCUT2D eigenvalue weighted by Crippen LogP contribution is 2.31. The van der Waals surface area contributed by atoms with E-state index in [-0.39, 0.29) is 0 Å². The van der Waals surface area contributed by atoms with Gasteiger partial charge in [-0.25, -0.2) is 0 Å². The third-order valence-corrected chi connectivity index (χ3v) is 4.38. The van der Waals surface area contributed by atoms with E-state index < -0.39 is 0 Å². The topological polar surface area (TPSA) is 29.3 Å². The molecule has 0 aromatic heterocycles. The lowest BCUT2D eigenvalue weighted by molar-refractivity contribution is 0.118. The van der Waals surface area contributed by atoms with E-state index in [1.165, 1.54) is 24.8 Å². The van der Waals surface area contributed by atoms with Crippen LogP contribution < -0.4 is 5.73 Å². The number of likely N-dealkylation sites (N-methyl/N-ethyl adjacent to an activating group) is 1. The molecule has 1 fully saturated rings. The largest absolute Gasteiger partial charge is 0.329 e. The van der Waals surface area contributed by atoms with Gasteiger partial charge in [-0.15, -0.1) is 0 Å².